The van der Waals surface area contributed by atoms with Gasteiger partial charge in [0.2, 0.25) is 0 Å². The van der Waals surface area contributed by atoms with Gasteiger partial charge in [-0.15, -0.1) is 11.3 Å². The van der Waals surface area contributed by atoms with Gasteiger partial charge in [0.05, 0.1) is 23.4 Å². The van der Waals surface area contributed by atoms with Gasteiger partial charge in [0.25, 0.3) is 0 Å². The summed E-state index contributed by atoms with van der Waals surface area (Å²) < 4.78 is 12.8. The van der Waals surface area contributed by atoms with E-state index in [1.165, 1.54) is 0 Å². The Hall–Kier alpha value is -2.14. The lowest BCUT2D eigenvalue weighted by Crippen LogP contribution is -2.07. The first kappa shape index (κ1) is 13.8. The van der Waals surface area contributed by atoms with Gasteiger partial charge in [-0.25, -0.2) is 9.78 Å². The molecule has 0 aliphatic heterocycles. The average Bonchev–Trinajstić information content (AvgIpc) is 2.87. The van der Waals surface area contributed by atoms with Crippen LogP contribution in [0.2, 0.25) is 0 Å². The molecule has 3 aromatic rings. The first-order valence-corrected chi connectivity index (χ1v) is 7.68. The van der Waals surface area contributed by atoms with Gasteiger partial charge in [0, 0.05) is 16.2 Å². The normalized spacial score (nSPS) is 11.0. The molecule has 0 saturated heterocycles. The third kappa shape index (κ3) is 2.45. The lowest BCUT2D eigenvalue weighted by molar-refractivity contribution is 0.0519. The number of carbonyl (C=O) groups is 1. The fraction of sp³-hybridized carbons (Fsp3) is 0.250. The molecule has 2 heterocycles. The van der Waals surface area contributed by atoms with Crippen LogP contribution < -0.4 is 4.74 Å². The van der Waals surface area contributed by atoms with Crippen molar-refractivity contribution in [1.82, 2.24) is 4.98 Å². The third-order valence-corrected chi connectivity index (χ3v) is 4.25. The van der Waals surface area contributed by atoms with E-state index in [0.29, 0.717) is 19.0 Å². The molecule has 21 heavy (non-hydrogen) atoms. The van der Waals surface area contributed by atoms with Gasteiger partial charge < -0.3 is 9.47 Å². The number of nitrogens with zero attached hydrogens (tertiary/aromatic N) is 1. The summed E-state index contributed by atoms with van der Waals surface area (Å²) in [5.74, 6) is 0.266. The lowest BCUT2D eigenvalue weighted by atomic mass is 10.2. The van der Waals surface area contributed by atoms with E-state index < -0.39 is 5.97 Å². The molecule has 0 saturated carbocycles. The monoisotopic (exact) mass is 301 g/mol. The second-order valence-electron chi connectivity index (χ2n) is 4.44. The fourth-order valence-electron chi connectivity index (χ4n) is 2.22. The number of aromatic nitrogens is 1. The molecule has 4 nitrogen and oxygen atoms in total. The highest BCUT2D eigenvalue weighted by atomic mass is 32.1. The minimum absolute atomic E-state index is 0.288. The van der Waals surface area contributed by atoms with Crippen molar-refractivity contribution in [3.63, 3.8) is 0 Å². The van der Waals surface area contributed by atoms with Crippen LogP contribution in [0.4, 0.5) is 0 Å². The van der Waals surface area contributed by atoms with Gasteiger partial charge >= 0.3 is 5.97 Å². The van der Waals surface area contributed by atoms with Gasteiger partial charge in [-0.1, -0.05) is 18.2 Å². The largest absolute Gasteiger partial charge is 0.492 e. The number of hydrogen-bond acceptors (Lipinski definition) is 5. The Balaban J connectivity index is 2.27. The maximum absolute atomic E-state index is 12.0. The predicted octanol–water partition coefficient (Wildman–Crippen LogP) is 4.02. The maximum Gasteiger partial charge on any atom is 0.357 e. The van der Waals surface area contributed by atoms with Crippen LogP contribution in [-0.2, 0) is 4.74 Å². The first-order chi connectivity index (χ1) is 10.2. The molecule has 0 atom stereocenters. The minimum Gasteiger partial charge on any atom is -0.492 e. The van der Waals surface area contributed by atoms with E-state index in [1.54, 1.807) is 24.3 Å². The molecular formula is C16H15NO3S. The zero-order chi connectivity index (χ0) is 14.8. The summed E-state index contributed by atoms with van der Waals surface area (Å²) in [5.41, 5.74) is 1.08. The molecule has 0 fully saturated rings. The molecule has 2 aromatic heterocycles. The summed E-state index contributed by atoms with van der Waals surface area (Å²) in [7, 11) is 0. The van der Waals surface area contributed by atoms with Crippen LogP contribution in [0, 0.1) is 0 Å². The molecule has 0 spiro atoms. The van der Waals surface area contributed by atoms with Crippen LogP contribution in [0.15, 0.2) is 30.3 Å². The number of rotatable bonds is 4. The third-order valence-electron chi connectivity index (χ3n) is 3.08. The second kappa shape index (κ2) is 5.69. The molecule has 0 bridgehead atoms. The zero-order valence-electron chi connectivity index (χ0n) is 11.9. The quantitative estimate of drug-likeness (QED) is 0.683. The lowest BCUT2D eigenvalue weighted by Gasteiger charge is -2.07. The molecule has 0 radical (unpaired) electrons. The predicted molar refractivity (Wildman–Crippen MR) is 84.3 cm³/mol. The summed E-state index contributed by atoms with van der Waals surface area (Å²) in [6.07, 6.45) is 0. The topological polar surface area (TPSA) is 48.4 Å². The summed E-state index contributed by atoms with van der Waals surface area (Å²) in [4.78, 5) is 16.4. The molecule has 5 heteroatoms. The van der Waals surface area contributed by atoms with E-state index in [-0.39, 0.29) is 5.69 Å². The van der Waals surface area contributed by atoms with Gasteiger partial charge in [-0.05, 0) is 19.9 Å². The highest BCUT2D eigenvalue weighted by molar-refractivity contribution is 7.26. The van der Waals surface area contributed by atoms with Gasteiger partial charge in [-0.2, -0.15) is 0 Å². The van der Waals surface area contributed by atoms with Crippen molar-refractivity contribution in [2.75, 3.05) is 13.2 Å². The van der Waals surface area contributed by atoms with E-state index in [9.17, 15) is 4.79 Å². The van der Waals surface area contributed by atoms with Crippen molar-refractivity contribution in [3.8, 4) is 5.75 Å². The van der Waals surface area contributed by atoms with Gasteiger partial charge in [0.1, 0.15) is 5.75 Å². The molecule has 108 valence electrons. The highest BCUT2D eigenvalue weighted by Gasteiger charge is 2.17. The summed E-state index contributed by atoms with van der Waals surface area (Å²) >= 11 is 1.62. The van der Waals surface area contributed by atoms with Crippen LogP contribution in [-0.4, -0.2) is 24.2 Å². The number of thiophene rings is 1. The van der Waals surface area contributed by atoms with Crippen LogP contribution in [0.25, 0.3) is 20.3 Å². The van der Waals surface area contributed by atoms with Crippen molar-refractivity contribution >= 4 is 37.6 Å². The Kier molecular flexibility index (Phi) is 3.75. The van der Waals surface area contributed by atoms with E-state index in [4.69, 9.17) is 9.47 Å². The first-order valence-electron chi connectivity index (χ1n) is 6.86. The van der Waals surface area contributed by atoms with Crippen LogP contribution in [0.1, 0.15) is 24.3 Å². The van der Waals surface area contributed by atoms with Gasteiger partial charge in [-0.3, -0.25) is 0 Å². The van der Waals surface area contributed by atoms with E-state index in [2.05, 4.69) is 4.98 Å². The molecule has 0 unspecified atom stereocenters. The second-order valence-corrected chi connectivity index (χ2v) is 5.49. The molecule has 0 aliphatic carbocycles. The number of benzene rings is 1. The zero-order valence-corrected chi connectivity index (χ0v) is 12.7. The number of esters is 1. The van der Waals surface area contributed by atoms with Crippen molar-refractivity contribution in [1.29, 1.82) is 0 Å². The summed E-state index contributed by atoms with van der Waals surface area (Å²) in [5, 5.41) is 1.03. The molecule has 0 aliphatic rings. The highest BCUT2D eigenvalue weighted by Crippen LogP contribution is 2.38. The number of hydrogen-bond donors (Lipinski definition) is 0. The average molecular weight is 301 g/mol. The Labute approximate surface area is 126 Å². The van der Waals surface area contributed by atoms with Crippen LogP contribution in [0.5, 0.6) is 5.75 Å². The molecule has 0 amide bonds. The van der Waals surface area contributed by atoms with Crippen LogP contribution in [0.3, 0.4) is 0 Å². The molecular weight excluding hydrogens is 286 g/mol. The Morgan fingerprint density at radius 1 is 1.24 bits per heavy atom. The van der Waals surface area contributed by atoms with E-state index >= 15 is 0 Å². The Morgan fingerprint density at radius 2 is 2.05 bits per heavy atom. The number of pyridine rings is 1. The van der Waals surface area contributed by atoms with E-state index in [1.807, 2.05) is 31.2 Å². The molecule has 3 rings (SSSR count). The van der Waals surface area contributed by atoms with Crippen molar-refractivity contribution < 1.29 is 14.3 Å². The molecule has 0 N–H and O–H groups in total. The Morgan fingerprint density at radius 3 is 2.81 bits per heavy atom. The number of fused-ring (bicyclic) bond motifs is 3. The SMILES string of the molecule is CCOC(=O)c1cc(OCC)c2sc3ccccc3c2n1. The van der Waals surface area contributed by atoms with Gasteiger partial charge in [0.15, 0.2) is 5.69 Å². The fourth-order valence-corrected chi connectivity index (χ4v) is 3.34. The molecule has 1 aromatic carbocycles. The minimum atomic E-state index is -0.421. The number of carbonyl (C=O) groups excluding carboxylic acids is 1. The maximum atomic E-state index is 12.0. The van der Waals surface area contributed by atoms with Crippen molar-refractivity contribution in [2.45, 2.75) is 13.8 Å². The number of ether oxygens (including phenoxy) is 2. The summed E-state index contributed by atoms with van der Waals surface area (Å²) in [6, 6.07) is 9.67. The smallest absolute Gasteiger partial charge is 0.357 e. The van der Waals surface area contributed by atoms with E-state index in [0.717, 1.165) is 20.3 Å². The van der Waals surface area contributed by atoms with Crippen molar-refractivity contribution in [2.24, 2.45) is 0 Å². The standard InChI is InChI=1S/C16H15NO3S/c1-3-19-12-9-11(16(18)20-4-2)17-14-10-7-5-6-8-13(10)21-15(12)14/h5-9H,3-4H2,1-2H3. The summed E-state index contributed by atoms with van der Waals surface area (Å²) in [6.45, 7) is 4.56. The van der Waals surface area contributed by atoms with Crippen LogP contribution >= 0.6 is 11.3 Å². The van der Waals surface area contributed by atoms with Crippen molar-refractivity contribution in [3.05, 3.63) is 36.0 Å². The Bertz CT molecular complexity index is 810.